The zero-order valence-electron chi connectivity index (χ0n) is 15.1. The average Bonchev–Trinajstić information content (AvgIpc) is 2.65. The summed E-state index contributed by atoms with van der Waals surface area (Å²) in [4.78, 5) is 23.9. The van der Waals surface area contributed by atoms with Gasteiger partial charge in [0.25, 0.3) is 5.91 Å². The minimum Gasteiger partial charge on any atom is -0.495 e. The van der Waals surface area contributed by atoms with Crippen LogP contribution in [0.5, 0.6) is 5.75 Å². The van der Waals surface area contributed by atoms with E-state index in [1.165, 1.54) is 26.3 Å². The van der Waals surface area contributed by atoms with Crippen LogP contribution >= 0.6 is 0 Å². The van der Waals surface area contributed by atoms with Crippen LogP contribution in [0.25, 0.3) is 0 Å². The SMILES string of the molecule is CNS(=O)(=O)c1cc(C(=O)OCC(=O)Nc2cccc(C)c2)ccc1OC. The molecule has 0 unspecified atom stereocenters. The first-order valence-electron chi connectivity index (χ1n) is 7.92. The number of amides is 1. The van der Waals surface area contributed by atoms with E-state index in [2.05, 4.69) is 10.0 Å². The molecule has 0 aliphatic heterocycles. The van der Waals surface area contributed by atoms with Crippen LogP contribution in [0.2, 0.25) is 0 Å². The Kier molecular flexibility index (Phi) is 6.54. The lowest BCUT2D eigenvalue weighted by molar-refractivity contribution is -0.119. The molecule has 0 aromatic heterocycles. The van der Waals surface area contributed by atoms with Gasteiger partial charge >= 0.3 is 5.97 Å². The Morgan fingerprint density at radius 2 is 1.85 bits per heavy atom. The van der Waals surface area contributed by atoms with Crippen molar-refractivity contribution in [3.63, 3.8) is 0 Å². The lowest BCUT2D eigenvalue weighted by atomic mass is 10.2. The molecule has 8 nitrogen and oxygen atoms in total. The Labute approximate surface area is 157 Å². The minimum atomic E-state index is -3.84. The highest BCUT2D eigenvalue weighted by molar-refractivity contribution is 7.89. The van der Waals surface area contributed by atoms with Gasteiger partial charge in [0.2, 0.25) is 10.0 Å². The predicted molar refractivity (Wildman–Crippen MR) is 99.3 cm³/mol. The molecular formula is C18H20N2O6S. The number of nitrogens with one attached hydrogen (secondary N) is 2. The molecule has 2 aromatic carbocycles. The fourth-order valence-electron chi connectivity index (χ4n) is 2.26. The van der Waals surface area contributed by atoms with Crippen molar-refractivity contribution in [1.29, 1.82) is 0 Å². The van der Waals surface area contributed by atoms with Gasteiger partial charge in [0.1, 0.15) is 10.6 Å². The molecule has 1 amide bonds. The molecule has 0 aliphatic rings. The van der Waals surface area contributed by atoms with E-state index < -0.39 is 28.5 Å². The number of methoxy groups -OCH3 is 1. The molecule has 2 rings (SSSR count). The zero-order chi connectivity index (χ0) is 20.0. The van der Waals surface area contributed by atoms with Crippen molar-refractivity contribution in [1.82, 2.24) is 4.72 Å². The maximum absolute atomic E-state index is 12.2. The Morgan fingerprint density at radius 3 is 2.48 bits per heavy atom. The number of hydrogen-bond donors (Lipinski definition) is 2. The Morgan fingerprint density at radius 1 is 1.11 bits per heavy atom. The minimum absolute atomic E-state index is 0.0204. The van der Waals surface area contributed by atoms with Gasteiger partial charge in [-0.05, 0) is 49.9 Å². The monoisotopic (exact) mass is 392 g/mol. The standard InChI is InChI=1S/C18H20N2O6S/c1-12-5-4-6-14(9-12)20-17(21)11-26-18(22)13-7-8-15(25-3)16(10-13)27(23,24)19-2/h4-10,19H,11H2,1-3H3,(H,20,21). The van der Waals surface area contributed by atoms with Gasteiger partial charge in [-0.1, -0.05) is 12.1 Å². The molecule has 2 aromatic rings. The summed E-state index contributed by atoms with van der Waals surface area (Å²) in [6, 6.07) is 11.0. The second-order valence-corrected chi connectivity index (χ2v) is 7.42. The lowest BCUT2D eigenvalue weighted by Crippen LogP contribution is -2.22. The molecule has 0 fully saturated rings. The first-order chi connectivity index (χ1) is 12.8. The number of hydrogen-bond acceptors (Lipinski definition) is 6. The fourth-order valence-corrected chi connectivity index (χ4v) is 3.18. The molecule has 0 heterocycles. The summed E-state index contributed by atoms with van der Waals surface area (Å²) in [6.07, 6.45) is 0. The summed E-state index contributed by atoms with van der Waals surface area (Å²) < 4.78 is 36.2. The summed E-state index contributed by atoms with van der Waals surface area (Å²) in [5.74, 6) is -1.26. The largest absolute Gasteiger partial charge is 0.495 e. The van der Waals surface area contributed by atoms with Crippen molar-refractivity contribution >= 4 is 27.6 Å². The third-order valence-electron chi connectivity index (χ3n) is 3.59. The van der Waals surface area contributed by atoms with E-state index in [1.54, 1.807) is 18.2 Å². The maximum atomic E-state index is 12.2. The lowest BCUT2D eigenvalue weighted by Gasteiger charge is -2.11. The molecule has 2 N–H and O–H groups in total. The van der Waals surface area contributed by atoms with Crippen molar-refractivity contribution in [2.24, 2.45) is 0 Å². The number of carbonyl (C=O) groups is 2. The van der Waals surface area contributed by atoms with E-state index >= 15 is 0 Å². The molecule has 27 heavy (non-hydrogen) atoms. The molecule has 0 aliphatic carbocycles. The van der Waals surface area contributed by atoms with Crippen molar-refractivity contribution in [3.05, 3.63) is 53.6 Å². The molecule has 0 saturated carbocycles. The van der Waals surface area contributed by atoms with Crippen LogP contribution < -0.4 is 14.8 Å². The number of sulfonamides is 1. The highest BCUT2D eigenvalue weighted by Gasteiger charge is 2.21. The first kappa shape index (κ1) is 20.4. The Balaban J connectivity index is 2.07. The third kappa shape index (κ3) is 5.28. The van der Waals surface area contributed by atoms with E-state index in [1.807, 2.05) is 13.0 Å². The number of benzene rings is 2. The quantitative estimate of drug-likeness (QED) is 0.694. The predicted octanol–water partition coefficient (Wildman–Crippen LogP) is 1.71. The molecule has 0 radical (unpaired) electrons. The van der Waals surface area contributed by atoms with Crippen LogP contribution in [0.15, 0.2) is 47.4 Å². The maximum Gasteiger partial charge on any atom is 0.338 e. The highest BCUT2D eigenvalue weighted by atomic mass is 32.2. The van der Waals surface area contributed by atoms with E-state index in [4.69, 9.17) is 9.47 Å². The molecule has 0 spiro atoms. The summed E-state index contributed by atoms with van der Waals surface area (Å²) in [7, 11) is -1.27. The van der Waals surface area contributed by atoms with Crippen molar-refractivity contribution < 1.29 is 27.5 Å². The van der Waals surface area contributed by atoms with E-state index in [0.29, 0.717) is 5.69 Å². The molecule has 9 heteroatoms. The van der Waals surface area contributed by atoms with Gasteiger partial charge < -0.3 is 14.8 Å². The van der Waals surface area contributed by atoms with Crippen LogP contribution in [0.1, 0.15) is 15.9 Å². The molecule has 0 atom stereocenters. The first-order valence-corrected chi connectivity index (χ1v) is 9.40. The van der Waals surface area contributed by atoms with Gasteiger partial charge in [-0.2, -0.15) is 0 Å². The zero-order valence-corrected chi connectivity index (χ0v) is 15.9. The van der Waals surface area contributed by atoms with Crippen molar-refractivity contribution in [2.75, 3.05) is 26.1 Å². The Bertz CT molecular complexity index is 956. The number of aryl methyl sites for hydroxylation is 1. The van der Waals surface area contributed by atoms with Gasteiger partial charge in [0.05, 0.1) is 12.7 Å². The molecule has 0 saturated heterocycles. The second-order valence-electron chi connectivity index (χ2n) is 5.57. The van der Waals surface area contributed by atoms with Gasteiger partial charge in [-0.15, -0.1) is 0 Å². The van der Waals surface area contributed by atoms with Crippen LogP contribution in [0.3, 0.4) is 0 Å². The van der Waals surface area contributed by atoms with Gasteiger partial charge in [-0.25, -0.2) is 17.9 Å². The molecule has 0 bridgehead atoms. The van der Waals surface area contributed by atoms with Crippen molar-refractivity contribution in [3.8, 4) is 5.75 Å². The van der Waals surface area contributed by atoms with Gasteiger partial charge in [-0.3, -0.25) is 4.79 Å². The van der Waals surface area contributed by atoms with Gasteiger partial charge in [0, 0.05) is 5.69 Å². The van der Waals surface area contributed by atoms with Crippen LogP contribution in [-0.4, -0.2) is 41.1 Å². The summed E-state index contributed by atoms with van der Waals surface area (Å²) >= 11 is 0. The molecule has 144 valence electrons. The van der Waals surface area contributed by atoms with E-state index in [-0.39, 0.29) is 16.2 Å². The topological polar surface area (TPSA) is 111 Å². The van der Waals surface area contributed by atoms with Crippen molar-refractivity contribution in [2.45, 2.75) is 11.8 Å². The van der Waals surface area contributed by atoms with E-state index in [0.717, 1.165) is 11.6 Å². The average molecular weight is 392 g/mol. The fraction of sp³-hybridized carbons (Fsp3) is 0.222. The smallest absolute Gasteiger partial charge is 0.338 e. The van der Waals surface area contributed by atoms with E-state index in [9.17, 15) is 18.0 Å². The third-order valence-corrected chi connectivity index (χ3v) is 5.03. The number of esters is 1. The number of ether oxygens (including phenoxy) is 2. The van der Waals surface area contributed by atoms with Gasteiger partial charge in [0.15, 0.2) is 6.61 Å². The number of carbonyl (C=O) groups excluding carboxylic acids is 2. The molecular weight excluding hydrogens is 372 g/mol. The number of rotatable bonds is 7. The highest BCUT2D eigenvalue weighted by Crippen LogP contribution is 2.25. The summed E-state index contributed by atoms with van der Waals surface area (Å²) in [5.41, 5.74) is 1.54. The second kappa shape index (κ2) is 8.65. The van der Waals surface area contributed by atoms with Crippen LogP contribution in [0, 0.1) is 6.92 Å². The van der Waals surface area contributed by atoms with Crippen LogP contribution in [-0.2, 0) is 19.6 Å². The summed E-state index contributed by atoms with van der Waals surface area (Å²) in [6.45, 7) is 1.38. The number of anilines is 1. The Hall–Kier alpha value is -2.91. The summed E-state index contributed by atoms with van der Waals surface area (Å²) in [5, 5.41) is 2.61. The van der Waals surface area contributed by atoms with Crippen LogP contribution in [0.4, 0.5) is 5.69 Å². The normalized spacial score (nSPS) is 10.9.